The average molecular weight is 521 g/mol. The third-order valence-corrected chi connectivity index (χ3v) is 7.65. The summed E-state index contributed by atoms with van der Waals surface area (Å²) in [5, 5.41) is 0. The number of hydrogen-bond acceptors (Lipinski definition) is 2. The van der Waals surface area contributed by atoms with Crippen LogP contribution >= 0.6 is 0 Å². The molecule has 3 aromatic carbocycles. The summed E-state index contributed by atoms with van der Waals surface area (Å²) < 4.78 is 97.2. The number of ether oxygens (including phenoxy) is 2. The van der Waals surface area contributed by atoms with Gasteiger partial charge in [0.2, 0.25) is 5.82 Å². The van der Waals surface area contributed by atoms with Gasteiger partial charge in [0.1, 0.15) is 6.10 Å². The first kappa shape index (κ1) is 25.6. The van der Waals surface area contributed by atoms with E-state index in [2.05, 4.69) is 0 Å². The standard InChI is InChI=1S/C29H26F6O2/c1-36-22-13-8-17(24(30)29(22)35)7-4-15-2-5-16(6-3-15)18-9-10-19(26(32)25(18)31)20-11-12-21(23-14-37-23)28(34)27(20)33/h8-13,15-16,23H,2-7,14H2,1H3. The summed E-state index contributed by atoms with van der Waals surface area (Å²) in [5.41, 5.74) is -0.105. The van der Waals surface area contributed by atoms with Gasteiger partial charge in [-0.2, -0.15) is 4.39 Å². The molecule has 1 aliphatic carbocycles. The van der Waals surface area contributed by atoms with E-state index in [1.54, 1.807) is 0 Å². The van der Waals surface area contributed by atoms with E-state index in [4.69, 9.17) is 9.47 Å². The van der Waals surface area contributed by atoms with Crippen LogP contribution in [0.5, 0.6) is 5.75 Å². The van der Waals surface area contributed by atoms with Crippen molar-refractivity contribution in [2.45, 2.75) is 50.5 Å². The number of benzene rings is 3. The summed E-state index contributed by atoms with van der Waals surface area (Å²) in [6.07, 6.45) is 3.21. The first-order chi connectivity index (χ1) is 17.8. The molecule has 2 nitrogen and oxygen atoms in total. The summed E-state index contributed by atoms with van der Waals surface area (Å²) in [5.74, 6) is -6.61. The Morgan fingerprint density at radius 2 is 1.30 bits per heavy atom. The Morgan fingerprint density at radius 3 is 1.89 bits per heavy atom. The molecule has 1 saturated heterocycles. The van der Waals surface area contributed by atoms with Gasteiger partial charge in [-0.05, 0) is 67.6 Å². The first-order valence-corrected chi connectivity index (χ1v) is 12.4. The van der Waals surface area contributed by atoms with Gasteiger partial charge in [-0.3, -0.25) is 0 Å². The van der Waals surface area contributed by atoms with Gasteiger partial charge in [0.05, 0.1) is 13.7 Å². The van der Waals surface area contributed by atoms with Crippen LogP contribution < -0.4 is 4.74 Å². The number of hydrogen-bond donors (Lipinski definition) is 0. The van der Waals surface area contributed by atoms with E-state index in [-0.39, 0.29) is 45.4 Å². The Morgan fingerprint density at radius 1 is 0.703 bits per heavy atom. The highest BCUT2D eigenvalue weighted by atomic mass is 19.2. The normalized spacial score (nSPS) is 21.2. The van der Waals surface area contributed by atoms with Gasteiger partial charge >= 0.3 is 0 Å². The molecule has 0 spiro atoms. The highest BCUT2D eigenvalue weighted by molar-refractivity contribution is 5.66. The first-order valence-electron chi connectivity index (χ1n) is 12.4. The highest BCUT2D eigenvalue weighted by Gasteiger charge is 2.32. The Labute approximate surface area is 211 Å². The van der Waals surface area contributed by atoms with E-state index >= 15 is 8.78 Å². The lowest BCUT2D eigenvalue weighted by Crippen LogP contribution is -2.16. The van der Waals surface area contributed by atoms with Crippen molar-refractivity contribution in [2.24, 2.45) is 5.92 Å². The topological polar surface area (TPSA) is 21.8 Å². The largest absolute Gasteiger partial charge is 0.494 e. The summed E-state index contributed by atoms with van der Waals surface area (Å²) in [4.78, 5) is 0. The van der Waals surface area contributed by atoms with Crippen LogP contribution in [0.25, 0.3) is 11.1 Å². The van der Waals surface area contributed by atoms with Crippen molar-refractivity contribution in [2.75, 3.05) is 13.7 Å². The molecule has 1 aliphatic heterocycles. The van der Waals surface area contributed by atoms with Crippen LogP contribution in [0.15, 0.2) is 36.4 Å². The highest BCUT2D eigenvalue weighted by Crippen LogP contribution is 2.41. The molecule has 37 heavy (non-hydrogen) atoms. The number of epoxide rings is 1. The molecule has 1 atom stereocenters. The quantitative estimate of drug-likeness (QED) is 0.232. The van der Waals surface area contributed by atoms with Crippen LogP contribution in [0.4, 0.5) is 26.3 Å². The maximum absolute atomic E-state index is 15.1. The van der Waals surface area contributed by atoms with Crippen LogP contribution in [-0.2, 0) is 11.2 Å². The predicted molar refractivity (Wildman–Crippen MR) is 126 cm³/mol. The van der Waals surface area contributed by atoms with Gasteiger partial charge in [0.15, 0.2) is 34.8 Å². The van der Waals surface area contributed by atoms with Crippen LogP contribution in [-0.4, -0.2) is 13.7 Å². The monoisotopic (exact) mass is 520 g/mol. The third-order valence-electron chi connectivity index (χ3n) is 7.65. The van der Waals surface area contributed by atoms with E-state index in [0.717, 1.165) is 12.8 Å². The molecular weight excluding hydrogens is 494 g/mol. The molecular formula is C29H26F6O2. The molecule has 0 bridgehead atoms. The number of halogens is 6. The maximum atomic E-state index is 15.1. The van der Waals surface area contributed by atoms with Crippen LogP contribution in [0, 0.1) is 40.8 Å². The van der Waals surface area contributed by atoms with Crippen LogP contribution in [0.2, 0.25) is 0 Å². The molecule has 0 N–H and O–H groups in total. The van der Waals surface area contributed by atoms with Gasteiger partial charge in [0.25, 0.3) is 0 Å². The predicted octanol–water partition coefficient (Wildman–Crippen LogP) is 8.17. The van der Waals surface area contributed by atoms with E-state index in [9.17, 15) is 17.6 Å². The second-order valence-electron chi connectivity index (χ2n) is 9.79. The average Bonchev–Trinajstić information content (AvgIpc) is 3.74. The Hall–Kier alpha value is -3.00. The van der Waals surface area contributed by atoms with Crippen molar-refractivity contribution in [1.29, 1.82) is 0 Å². The minimum Gasteiger partial charge on any atom is -0.494 e. The second-order valence-corrected chi connectivity index (χ2v) is 9.79. The smallest absolute Gasteiger partial charge is 0.200 e. The maximum Gasteiger partial charge on any atom is 0.200 e. The van der Waals surface area contributed by atoms with E-state index in [1.807, 2.05) is 0 Å². The summed E-state index contributed by atoms with van der Waals surface area (Å²) >= 11 is 0. The van der Waals surface area contributed by atoms with Gasteiger partial charge < -0.3 is 9.47 Å². The number of aryl methyl sites for hydroxylation is 1. The molecule has 1 saturated carbocycles. The minimum atomic E-state index is -1.23. The Balaban J connectivity index is 1.25. The van der Waals surface area contributed by atoms with Crippen molar-refractivity contribution >= 4 is 0 Å². The zero-order chi connectivity index (χ0) is 26.3. The lowest BCUT2D eigenvalue weighted by Gasteiger charge is -2.29. The van der Waals surface area contributed by atoms with Crippen LogP contribution in [0.1, 0.15) is 60.8 Å². The number of rotatable bonds is 7. The van der Waals surface area contributed by atoms with Crippen molar-refractivity contribution < 1.29 is 35.8 Å². The lowest BCUT2D eigenvalue weighted by atomic mass is 9.76. The van der Waals surface area contributed by atoms with Gasteiger partial charge in [0, 0.05) is 16.7 Å². The van der Waals surface area contributed by atoms with Crippen molar-refractivity contribution in [1.82, 2.24) is 0 Å². The molecule has 1 heterocycles. The molecule has 3 aromatic rings. The molecule has 0 radical (unpaired) electrons. The van der Waals surface area contributed by atoms with Gasteiger partial charge in [-0.1, -0.05) is 30.3 Å². The van der Waals surface area contributed by atoms with Crippen LogP contribution in [0.3, 0.4) is 0 Å². The molecule has 0 amide bonds. The van der Waals surface area contributed by atoms with Crippen molar-refractivity contribution in [3.63, 3.8) is 0 Å². The van der Waals surface area contributed by atoms with E-state index in [0.29, 0.717) is 32.3 Å². The summed E-state index contributed by atoms with van der Waals surface area (Å²) in [6, 6.07) is 8.25. The summed E-state index contributed by atoms with van der Waals surface area (Å²) in [6.45, 7) is 0.298. The molecule has 2 fully saturated rings. The van der Waals surface area contributed by atoms with E-state index in [1.165, 1.54) is 43.5 Å². The second kappa shape index (κ2) is 10.4. The SMILES string of the molecule is COc1ccc(CCC2CCC(c3ccc(-c4ccc(C5CO5)c(F)c4F)c(F)c3F)CC2)c(F)c1F. The molecule has 0 aromatic heterocycles. The summed E-state index contributed by atoms with van der Waals surface area (Å²) in [7, 11) is 1.28. The molecule has 5 rings (SSSR count). The fourth-order valence-corrected chi connectivity index (χ4v) is 5.38. The molecule has 8 heteroatoms. The van der Waals surface area contributed by atoms with Gasteiger partial charge in [-0.15, -0.1) is 0 Å². The lowest BCUT2D eigenvalue weighted by molar-refractivity contribution is 0.303. The van der Waals surface area contributed by atoms with E-state index < -0.39 is 41.0 Å². The molecule has 1 unspecified atom stereocenters. The molecule has 2 aliphatic rings. The molecule has 196 valence electrons. The van der Waals surface area contributed by atoms with Crippen molar-refractivity contribution in [3.05, 3.63) is 88.0 Å². The Kier molecular flexibility index (Phi) is 7.21. The van der Waals surface area contributed by atoms with Gasteiger partial charge in [-0.25, -0.2) is 22.0 Å². The number of methoxy groups -OCH3 is 1. The fourth-order valence-electron chi connectivity index (χ4n) is 5.38. The minimum absolute atomic E-state index is 0.0652. The zero-order valence-electron chi connectivity index (χ0n) is 20.2. The fraction of sp³-hybridized carbons (Fsp3) is 0.379. The zero-order valence-corrected chi connectivity index (χ0v) is 20.2. The Bertz CT molecular complexity index is 1310. The third kappa shape index (κ3) is 4.96. The van der Waals surface area contributed by atoms with Crippen molar-refractivity contribution in [3.8, 4) is 16.9 Å².